The van der Waals surface area contributed by atoms with Crippen LogP contribution in [0.4, 0.5) is 0 Å². The third-order valence-electron chi connectivity index (χ3n) is 2.99. The normalized spacial score (nSPS) is 17.2. The molecule has 0 aliphatic carbocycles. The summed E-state index contributed by atoms with van der Waals surface area (Å²) in [6.45, 7) is 6.98. The number of methoxy groups -OCH3 is 1. The first kappa shape index (κ1) is 15.9. The van der Waals surface area contributed by atoms with Crippen molar-refractivity contribution in [3.8, 4) is 0 Å². The topological polar surface area (TPSA) is 49.0 Å². The van der Waals surface area contributed by atoms with Crippen molar-refractivity contribution in [2.75, 3.05) is 66.4 Å². The van der Waals surface area contributed by atoms with Crippen molar-refractivity contribution in [1.29, 1.82) is 0 Å². The minimum atomic E-state index is 0.623. The molecule has 0 radical (unpaired) electrons. The van der Waals surface area contributed by atoms with Crippen LogP contribution in [0.1, 0.15) is 12.8 Å². The number of hydrogen-bond acceptors (Lipinski definition) is 5. The van der Waals surface area contributed by atoms with E-state index in [1.807, 2.05) is 0 Å². The third-order valence-corrected chi connectivity index (χ3v) is 2.99. The molecule has 0 atom stereocenters. The molecule has 0 aromatic heterocycles. The number of piperidine rings is 1. The van der Waals surface area contributed by atoms with Gasteiger partial charge in [0.2, 0.25) is 0 Å². The fraction of sp³-hybridized carbons (Fsp3) is 1.00. The molecule has 0 saturated carbocycles. The van der Waals surface area contributed by atoms with Crippen LogP contribution in [0.25, 0.3) is 0 Å². The first-order chi connectivity index (χ1) is 8.93. The van der Waals surface area contributed by atoms with E-state index in [1.54, 1.807) is 7.11 Å². The van der Waals surface area contributed by atoms with Crippen molar-refractivity contribution in [3.63, 3.8) is 0 Å². The highest BCUT2D eigenvalue weighted by atomic mass is 16.6. The second kappa shape index (κ2) is 11.9. The van der Waals surface area contributed by atoms with Crippen LogP contribution in [0.5, 0.6) is 0 Å². The number of hydrogen-bond donors (Lipinski definition) is 1. The Morgan fingerprint density at radius 2 is 1.39 bits per heavy atom. The molecule has 1 fully saturated rings. The Hall–Kier alpha value is -0.200. The van der Waals surface area contributed by atoms with Gasteiger partial charge in [-0.25, -0.2) is 0 Å². The van der Waals surface area contributed by atoms with E-state index in [-0.39, 0.29) is 0 Å². The lowest BCUT2D eigenvalue weighted by atomic mass is 9.99. The van der Waals surface area contributed by atoms with Crippen LogP contribution in [-0.2, 0) is 18.9 Å². The number of ether oxygens (including phenoxy) is 4. The van der Waals surface area contributed by atoms with Gasteiger partial charge < -0.3 is 24.3 Å². The maximum absolute atomic E-state index is 5.60. The molecule has 108 valence electrons. The molecule has 0 unspecified atom stereocenters. The van der Waals surface area contributed by atoms with Gasteiger partial charge in [-0.05, 0) is 31.8 Å². The largest absolute Gasteiger partial charge is 0.382 e. The second-order valence-corrected chi connectivity index (χ2v) is 4.49. The molecule has 1 N–H and O–H groups in total. The predicted octanol–water partition coefficient (Wildman–Crippen LogP) is 0.682. The molecule has 1 aliphatic heterocycles. The molecule has 0 bridgehead atoms. The first-order valence-corrected chi connectivity index (χ1v) is 6.86. The summed E-state index contributed by atoms with van der Waals surface area (Å²) in [5.74, 6) is 0.726. The van der Waals surface area contributed by atoms with Crippen molar-refractivity contribution in [1.82, 2.24) is 5.32 Å². The molecule has 1 rings (SSSR count). The lowest BCUT2D eigenvalue weighted by Gasteiger charge is -2.22. The standard InChI is InChI=1S/C13H27NO4/c1-15-6-7-16-8-9-17-10-11-18-12-13-2-4-14-5-3-13/h13-14H,2-12H2,1H3. The fourth-order valence-corrected chi connectivity index (χ4v) is 1.88. The summed E-state index contributed by atoms with van der Waals surface area (Å²) in [6.07, 6.45) is 2.46. The van der Waals surface area contributed by atoms with Crippen LogP contribution < -0.4 is 5.32 Å². The van der Waals surface area contributed by atoms with Crippen molar-refractivity contribution < 1.29 is 18.9 Å². The average molecular weight is 261 g/mol. The fourth-order valence-electron chi connectivity index (χ4n) is 1.88. The van der Waals surface area contributed by atoms with Crippen molar-refractivity contribution >= 4 is 0 Å². The summed E-state index contributed by atoms with van der Waals surface area (Å²) in [7, 11) is 1.67. The molecule has 1 aliphatic rings. The van der Waals surface area contributed by atoms with Gasteiger partial charge in [0.1, 0.15) is 0 Å². The van der Waals surface area contributed by atoms with E-state index in [1.165, 1.54) is 12.8 Å². The summed E-state index contributed by atoms with van der Waals surface area (Å²) < 4.78 is 21.2. The van der Waals surface area contributed by atoms with E-state index in [0.717, 1.165) is 25.6 Å². The molecule has 1 heterocycles. The van der Waals surface area contributed by atoms with E-state index in [9.17, 15) is 0 Å². The van der Waals surface area contributed by atoms with Crippen molar-refractivity contribution in [2.45, 2.75) is 12.8 Å². The Kier molecular flexibility index (Phi) is 10.5. The van der Waals surface area contributed by atoms with Gasteiger partial charge in [0.15, 0.2) is 0 Å². The lowest BCUT2D eigenvalue weighted by Crippen LogP contribution is -2.30. The van der Waals surface area contributed by atoms with E-state index in [2.05, 4.69) is 5.32 Å². The van der Waals surface area contributed by atoms with Crippen LogP contribution in [0.15, 0.2) is 0 Å². The quantitative estimate of drug-likeness (QED) is 0.554. The molecule has 5 heteroatoms. The van der Waals surface area contributed by atoms with E-state index < -0.39 is 0 Å². The lowest BCUT2D eigenvalue weighted by molar-refractivity contribution is -0.00304. The van der Waals surface area contributed by atoms with Crippen LogP contribution in [0, 0.1) is 5.92 Å². The Bertz CT molecular complexity index is 174. The van der Waals surface area contributed by atoms with Crippen LogP contribution in [-0.4, -0.2) is 66.4 Å². The van der Waals surface area contributed by atoms with Gasteiger partial charge in [-0.2, -0.15) is 0 Å². The minimum Gasteiger partial charge on any atom is -0.382 e. The van der Waals surface area contributed by atoms with Crippen molar-refractivity contribution in [2.24, 2.45) is 5.92 Å². The zero-order valence-electron chi connectivity index (χ0n) is 11.5. The predicted molar refractivity (Wildman–Crippen MR) is 69.9 cm³/mol. The molecule has 0 spiro atoms. The second-order valence-electron chi connectivity index (χ2n) is 4.49. The SMILES string of the molecule is COCCOCCOCCOCC1CCNCC1. The molecule has 0 aromatic rings. The van der Waals surface area contributed by atoms with Gasteiger partial charge in [0, 0.05) is 13.7 Å². The van der Waals surface area contributed by atoms with Gasteiger partial charge in [-0.1, -0.05) is 0 Å². The molecule has 5 nitrogen and oxygen atoms in total. The van der Waals surface area contributed by atoms with Crippen LogP contribution >= 0.6 is 0 Å². The highest BCUT2D eigenvalue weighted by Crippen LogP contribution is 2.11. The van der Waals surface area contributed by atoms with Crippen LogP contribution in [0.3, 0.4) is 0 Å². The van der Waals surface area contributed by atoms with Crippen LogP contribution in [0.2, 0.25) is 0 Å². The summed E-state index contributed by atoms with van der Waals surface area (Å²) in [5, 5.41) is 3.35. The van der Waals surface area contributed by atoms with Gasteiger partial charge in [0.25, 0.3) is 0 Å². The Morgan fingerprint density at radius 1 is 0.833 bits per heavy atom. The zero-order valence-corrected chi connectivity index (χ0v) is 11.5. The Labute approximate surface area is 110 Å². The van der Waals surface area contributed by atoms with Gasteiger partial charge >= 0.3 is 0 Å². The van der Waals surface area contributed by atoms with Crippen molar-refractivity contribution in [3.05, 3.63) is 0 Å². The molecular weight excluding hydrogens is 234 g/mol. The summed E-state index contributed by atoms with van der Waals surface area (Å²) in [4.78, 5) is 0. The van der Waals surface area contributed by atoms with Gasteiger partial charge in [-0.3, -0.25) is 0 Å². The highest BCUT2D eigenvalue weighted by molar-refractivity contribution is 4.67. The van der Waals surface area contributed by atoms with E-state index >= 15 is 0 Å². The number of rotatable bonds is 11. The van der Waals surface area contributed by atoms with E-state index in [0.29, 0.717) is 39.6 Å². The Balaban J connectivity index is 1.73. The molecule has 18 heavy (non-hydrogen) atoms. The summed E-state index contributed by atoms with van der Waals surface area (Å²) >= 11 is 0. The smallest absolute Gasteiger partial charge is 0.0701 e. The monoisotopic (exact) mass is 261 g/mol. The average Bonchev–Trinajstić information content (AvgIpc) is 2.42. The summed E-state index contributed by atoms with van der Waals surface area (Å²) in [6, 6.07) is 0. The number of nitrogens with one attached hydrogen (secondary N) is 1. The third kappa shape index (κ3) is 8.83. The highest BCUT2D eigenvalue weighted by Gasteiger charge is 2.12. The maximum Gasteiger partial charge on any atom is 0.0701 e. The van der Waals surface area contributed by atoms with Gasteiger partial charge in [-0.15, -0.1) is 0 Å². The zero-order chi connectivity index (χ0) is 12.9. The Morgan fingerprint density at radius 3 is 2.00 bits per heavy atom. The molecular formula is C13H27NO4. The first-order valence-electron chi connectivity index (χ1n) is 6.86. The summed E-state index contributed by atoms with van der Waals surface area (Å²) in [5.41, 5.74) is 0. The van der Waals surface area contributed by atoms with Gasteiger partial charge in [0.05, 0.1) is 39.6 Å². The maximum atomic E-state index is 5.60. The minimum absolute atomic E-state index is 0.623. The molecule has 0 amide bonds. The molecule has 0 aromatic carbocycles. The molecule has 1 saturated heterocycles. The van der Waals surface area contributed by atoms with E-state index in [4.69, 9.17) is 18.9 Å².